The van der Waals surface area contributed by atoms with E-state index >= 15 is 0 Å². The van der Waals surface area contributed by atoms with Gasteiger partial charge in [0.05, 0.1) is 28.3 Å². The first-order valence-electron chi connectivity index (χ1n) is 12.6. The number of hydrogen-bond acceptors (Lipinski definition) is 4. The fourth-order valence-electron chi connectivity index (χ4n) is 5.17. The van der Waals surface area contributed by atoms with E-state index in [9.17, 15) is 25.2 Å². The Bertz CT molecular complexity index is 1900. The van der Waals surface area contributed by atoms with Crippen molar-refractivity contribution in [2.75, 3.05) is 31.1 Å². The van der Waals surface area contributed by atoms with E-state index in [1.165, 1.54) is 0 Å². The molecule has 3 heterocycles. The second-order valence-electron chi connectivity index (χ2n) is 9.25. The Morgan fingerprint density at radius 2 is 1.00 bits per heavy atom. The average Bonchev–Trinajstić information content (AvgIpc) is 2.83. The van der Waals surface area contributed by atoms with Crippen molar-refractivity contribution >= 4 is 68.5 Å². The van der Waals surface area contributed by atoms with Gasteiger partial charge in [0.15, 0.2) is 0 Å². The van der Waals surface area contributed by atoms with Crippen molar-refractivity contribution < 1.29 is 38.4 Å². The standard InChI is InChI=1S/C27H27N2O3.F6P/c1-5-28(6-2)16-12-20-25-22(14-16)32-23-15-17(29(7-3)8-4)13-21-26(23)27(25)24-18(30-20)10-9-11-19(24)31-21;1-7(2,3,4,5)6/h9-15H,5-8H2,1-4H3;/q+1;-1. The summed E-state index contributed by atoms with van der Waals surface area (Å²) in [4.78, 5) is 2.32. The zero-order chi connectivity index (χ0) is 28.4. The summed E-state index contributed by atoms with van der Waals surface area (Å²) in [5.41, 5.74) is 6.15. The van der Waals surface area contributed by atoms with Crippen molar-refractivity contribution in [3.63, 3.8) is 0 Å². The molecular weight excluding hydrogens is 545 g/mol. The molecule has 0 unspecified atom stereocenters. The Morgan fingerprint density at radius 1 is 0.615 bits per heavy atom. The molecule has 0 bridgehead atoms. The molecule has 12 heteroatoms. The Hall–Kier alpha value is -3.46. The molecule has 0 saturated carbocycles. The number of benzene rings is 3. The number of hydrogen-bond donors (Lipinski definition) is 0. The fourth-order valence-corrected chi connectivity index (χ4v) is 5.17. The molecule has 6 aromatic rings. The monoisotopic (exact) mass is 572 g/mol. The molecule has 0 amide bonds. The molecule has 5 nitrogen and oxygen atoms in total. The summed E-state index contributed by atoms with van der Waals surface area (Å²) in [7, 11) is -10.7. The molecule has 0 fully saturated rings. The zero-order valence-corrected chi connectivity index (χ0v) is 22.6. The van der Waals surface area contributed by atoms with Gasteiger partial charge in [-0.1, -0.05) is 6.07 Å². The van der Waals surface area contributed by atoms with E-state index in [0.29, 0.717) is 0 Å². The van der Waals surface area contributed by atoms with Crippen LogP contribution in [-0.4, -0.2) is 26.2 Å². The van der Waals surface area contributed by atoms with Crippen LogP contribution in [0.3, 0.4) is 0 Å². The van der Waals surface area contributed by atoms with Crippen molar-refractivity contribution in [3.05, 3.63) is 47.8 Å². The third-order valence-corrected chi connectivity index (χ3v) is 6.76. The maximum atomic E-state index is 9.87. The van der Waals surface area contributed by atoms with Gasteiger partial charge in [0.25, 0.3) is 0 Å². The molecule has 0 atom stereocenters. The van der Waals surface area contributed by atoms with Crippen molar-refractivity contribution in [2.24, 2.45) is 0 Å². The average molecular weight is 572 g/mol. The molecule has 0 aliphatic rings. The van der Waals surface area contributed by atoms with Gasteiger partial charge in [0, 0.05) is 36.3 Å². The molecule has 210 valence electrons. The molecule has 39 heavy (non-hydrogen) atoms. The van der Waals surface area contributed by atoms with Crippen molar-refractivity contribution in [1.82, 2.24) is 4.58 Å². The first-order valence-corrected chi connectivity index (χ1v) is 14.6. The summed E-state index contributed by atoms with van der Waals surface area (Å²) >= 11 is 0. The molecular formula is C27H27F6N2O3P. The van der Waals surface area contributed by atoms with Gasteiger partial charge < -0.3 is 18.2 Å². The van der Waals surface area contributed by atoms with Gasteiger partial charge in [-0.25, -0.2) is 4.58 Å². The molecule has 0 N–H and O–H groups in total. The van der Waals surface area contributed by atoms with Crippen LogP contribution in [0.15, 0.2) is 55.7 Å². The summed E-state index contributed by atoms with van der Waals surface area (Å²) in [5.74, 6) is 0. The minimum atomic E-state index is -10.7. The molecule has 3 aromatic heterocycles. The topological polar surface area (TPSA) is 45.7 Å². The van der Waals surface area contributed by atoms with Gasteiger partial charge >= 0.3 is 33.0 Å². The Morgan fingerprint density at radius 3 is 1.41 bits per heavy atom. The predicted molar refractivity (Wildman–Crippen MR) is 145 cm³/mol. The van der Waals surface area contributed by atoms with Crippen molar-refractivity contribution in [2.45, 2.75) is 27.7 Å². The minimum absolute atomic E-state index is 0.832. The van der Waals surface area contributed by atoms with Crippen LogP contribution >= 0.6 is 7.81 Å². The molecule has 0 spiro atoms. The van der Waals surface area contributed by atoms with Gasteiger partial charge in [-0.3, -0.25) is 0 Å². The van der Waals surface area contributed by atoms with Crippen LogP contribution in [0.25, 0.3) is 55.0 Å². The van der Waals surface area contributed by atoms with Gasteiger partial charge in [-0.05, 0) is 39.8 Å². The number of anilines is 1. The predicted octanol–water partition coefficient (Wildman–Crippen LogP) is 9.71. The summed E-state index contributed by atoms with van der Waals surface area (Å²) in [6.45, 7) is 12.4. The Labute approximate surface area is 218 Å². The van der Waals surface area contributed by atoms with Crippen LogP contribution in [0, 0.1) is 0 Å². The zero-order valence-electron chi connectivity index (χ0n) is 21.7. The molecule has 3 aromatic carbocycles. The SMILES string of the molecule is CCN(CC)c1cc2oc3cccc4oc5cc(=[N+](CC)CC)cc6oc(c1)c2c(c34)c56.F[P-](F)(F)(F)(F)F. The summed E-state index contributed by atoms with van der Waals surface area (Å²) in [5, 5.41) is 5.33. The van der Waals surface area contributed by atoms with E-state index in [4.69, 9.17) is 13.3 Å². The van der Waals surface area contributed by atoms with E-state index in [1.54, 1.807) is 0 Å². The number of rotatable bonds is 5. The first kappa shape index (κ1) is 27.1. The van der Waals surface area contributed by atoms with E-state index in [-0.39, 0.29) is 0 Å². The molecule has 0 radical (unpaired) electrons. The Kier molecular flexibility index (Phi) is 5.92. The summed E-state index contributed by atoms with van der Waals surface area (Å²) in [6, 6.07) is 14.6. The van der Waals surface area contributed by atoms with Crippen LogP contribution in [0.4, 0.5) is 30.9 Å². The Balaban J connectivity index is 0.000000392. The van der Waals surface area contributed by atoms with Gasteiger partial charge in [0.1, 0.15) is 46.6 Å². The molecule has 0 aliphatic heterocycles. The normalized spacial score (nSPS) is 14.2. The summed E-state index contributed by atoms with van der Waals surface area (Å²) in [6.07, 6.45) is 0. The first-order chi connectivity index (χ1) is 18.1. The molecule has 0 aliphatic carbocycles. The van der Waals surface area contributed by atoms with E-state index in [2.05, 4.69) is 61.4 Å². The van der Waals surface area contributed by atoms with E-state index < -0.39 is 7.81 Å². The van der Waals surface area contributed by atoms with Gasteiger partial charge in [-0.2, -0.15) is 0 Å². The number of nitrogens with zero attached hydrogens (tertiary/aromatic N) is 2. The quantitative estimate of drug-likeness (QED) is 0.0678. The van der Waals surface area contributed by atoms with Crippen LogP contribution in [-0.2, 0) is 0 Å². The third-order valence-electron chi connectivity index (χ3n) is 6.76. The maximum absolute atomic E-state index is 10.7. The van der Waals surface area contributed by atoms with Crippen molar-refractivity contribution in [3.8, 4) is 0 Å². The van der Waals surface area contributed by atoms with Crippen LogP contribution < -0.4 is 14.8 Å². The molecule has 0 saturated heterocycles. The summed E-state index contributed by atoms with van der Waals surface area (Å²) < 4.78 is 80.9. The van der Waals surface area contributed by atoms with E-state index in [0.717, 1.165) is 92.3 Å². The van der Waals surface area contributed by atoms with Crippen LogP contribution in [0.5, 0.6) is 0 Å². The third kappa shape index (κ3) is 5.37. The van der Waals surface area contributed by atoms with Gasteiger partial charge in [0.2, 0.25) is 5.36 Å². The molecule has 6 rings (SSSR count). The fraction of sp³-hybridized carbons (Fsp3) is 0.296. The van der Waals surface area contributed by atoms with Crippen LogP contribution in [0.2, 0.25) is 0 Å². The second-order valence-corrected chi connectivity index (χ2v) is 11.2. The van der Waals surface area contributed by atoms with E-state index in [1.807, 2.05) is 18.2 Å². The number of halogens is 6. The van der Waals surface area contributed by atoms with Crippen LogP contribution in [0.1, 0.15) is 27.7 Å². The second kappa shape index (κ2) is 8.52. The van der Waals surface area contributed by atoms with Crippen molar-refractivity contribution in [1.29, 1.82) is 0 Å². The van der Waals surface area contributed by atoms with Gasteiger partial charge in [-0.15, -0.1) is 0 Å².